The summed E-state index contributed by atoms with van der Waals surface area (Å²) in [6.45, 7) is 5.64. The van der Waals surface area contributed by atoms with Crippen LogP contribution in [0.3, 0.4) is 0 Å². The number of halogens is 1. The van der Waals surface area contributed by atoms with E-state index in [1.54, 1.807) is 13.3 Å². The molecule has 0 unspecified atom stereocenters. The van der Waals surface area contributed by atoms with Gasteiger partial charge < -0.3 is 14.8 Å². The molecule has 1 aromatic carbocycles. The van der Waals surface area contributed by atoms with Crippen LogP contribution in [-0.4, -0.2) is 54.6 Å². The van der Waals surface area contributed by atoms with E-state index >= 15 is 0 Å². The van der Waals surface area contributed by atoms with Gasteiger partial charge in [-0.1, -0.05) is 17.7 Å². The Morgan fingerprint density at radius 3 is 2.78 bits per heavy atom. The number of benzene rings is 1. The number of nitrogens with one attached hydrogen (secondary N) is 1. The number of piperidine rings is 1. The minimum Gasteiger partial charge on any atom is -0.364 e. The lowest BCUT2D eigenvalue weighted by Crippen LogP contribution is -2.40. The number of nitrogens with zero attached hydrogens (tertiary/aromatic N) is 3. The highest BCUT2D eigenvalue weighted by Crippen LogP contribution is 2.37. The maximum absolute atomic E-state index is 12.3. The zero-order chi connectivity index (χ0) is 16.6. The van der Waals surface area contributed by atoms with Crippen LogP contribution in [0.5, 0.6) is 0 Å². The third kappa shape index (κ3) is 3.68. The molecule has 124 valence electrons. The molecule has 1 aliphatic heterocycles. The van der Waals surface area contributed by atoms with Crippen LogP contribution in [0.25, 0.3) is 10.8 Å². The first kappa shape index (κ1) is 16.7. The number of aromatic nitrogens is 2. The standard InChI is InChI=1S/C16H22ClN4OP/c1-21-8-4-5-11(10-21)18-16-13-7-6-12(23(2,3)22)9-14(13)15(17)19-20-16/h6-7,9,11H,4-5,8,10H2,1-3H3,(H,18,20)/t11-/m1/s1. The van der Waals surface area contributed by atoms with Gasteiger partial charge >= 0.3 is 0 Å². The smallest absolute Gasteiger partial charge is 0.159 e. The predicted octanol–water partition coefficient (Wildman–Crippen LogP) is 3.04. The van der Waals surface area contributed by atoms with Crippen molar-refractivity contribution in [2.75, 3.05) is 38.8 Å². The molecule has 0 aliphatic carbocycles. The Morgan fingerprint density at radius 2 is 2.09 bits per heavy atom. The van der Waals surface area contributed by atoms with Gasteiger partial charge in [0, 0.05) is 28.7 Å². The van der Waals surface area contributed by atoms with Crippen molar-refractivity contribution in [3.8, 4) is 0 Å². The molecular formula is C16H22ClN4OP. The van der Waals surface area contributed by atoms with E-state index in [1.165, 1.54) is 6.42 Å². The molecule has 1 saturated heterocycles. The molecule has 0 spiro atoms. The summed E-state index contributed by atoms with van der Waals surface area (Å²) >= 11 is 6.22. The van der Waals surface area contributed by atoms with E-state index in [0.717, 1.165) is 41.4 Å². The van der Waals surface area contributed by atoms with Gasteiger partial charge in [0.25, 0.3) is 0 Å². The average Bonchev–Trinajstić information content (AvgIpc) is 2.49. The summed E-state index contributed by atoms with van der Waals surface area (Å²) < 4.78 is 12.3. The van der Waals surface area contributed by atoms with Crippen molar-refractivity contribution in [1.29, 1.82) is 0 Å². The molecule has 0 amide bonds. The Hall–Kier alpha value is -1.16. The molecule has 1 aliphatic rings. The van der Waals surface area contributed by atoms with E-state index in [4.69, 9.17) is 11.6 Å². The molecule has 3 rings (SSSR count). The molecule has 0 bridgehead atoms. The number of hydrogen-bond donors (Lipinski definition) is 1. The summed E-state index contributed by atoms with van der Waals surface area (Å²) in [5.41, 5.74) is 0. The highest BCUT2D eigenvalue weighted by Gasteiger charge is 2.20. The van der Waals surface area contributed by atoms with Gasteiger partial charge in [0.1, 0.15) is 7.14 Å². The zero-order valence-electron chi connectivity index (χ0n) is 13.7. The van der Waals surface area contributed by atoms with Crippen LogP contribution < -0.4 is 10.6 Å². The van der Waals surface area contributed by atoms with Gasteiger partial charge in [-0.15, -0.1) is 10.2 Å². The average molecular weight is 353 g/mol. The minimum absolute atomic E-state index is 0.349. The van der Waals surface area contributed by atoms with Crippen LogP contribution in [0.1, 0.15) is 12.8 Å². The molecule has 23 heavy (non-hydrogen) atoms. The van der Waals surface area contributed by atoms with Gasteiger partial charge in [-0.05, 0) is 51.9 Å². The lowest BCUT2D eigenvalue weighted by atomic mass is 10.1. The second-order valence-corrected chi connectivity index (χ2v) is 10.2. The Bertz CT molecular complexity index is 776. The van der Waals surface area contributed by atoms with E-state index in [-0.39, 0.29) is 0 Å². The van der Waals surface area contributed by atoms with E-state index in [0.29, 0.717) is 11.2 Å². The van der Waals surface area contributed by atoms with Crippen LogP contribution in [0, 0.1) is 0 Å². The summed E-state index contributed by atoms with van der Waals surface area (Å²) in [7, 11) is -0.204. The topological polar surface area (TPSA) is 58.1 Å². The highest BCUT2D eigenvalue weighted by molar-refractivity contribution is 7.70. The lowest BCUT2D eigenvalue weighted by molar-refractivity contribution is 0.261. The van der Waals surface area contributed by atoms with Crippen LogP contribution in [0.4, 0.5) is 5.82 Å². The number of likely N-dealkylation sites (tertiary alicyclic amines) is 1. The van der Waals surface area contributed by atoms with Crippen molar-refractivity contribution in [1.82, 2.24) is 15.1 Å². The summed E-state index contributed by atoms with van der Waals surface area (Å²) in [6, 6.07) is 6.08. The third-order valence-corrected chi connectivity index (χ3v) is 6.11. The second-order valence-electron chi connectivity index (χ2n) is 6.67. The first-order chi connectivity index (χ1) is 10.8. The SMILES string of the molecule is CN1CCC[C@@H](Nc2nnc(Cl)c3cc(P(C)(C)=O)ccc23)C1. The molecular weight excluding hydrogens is 331 g/mol. The van der Waals surface area contributed by atoms with Gasteiger partial charge in [-0.2, -0.15) is 0 Å². The monoisotopic (exact) mass is 352 g/mol. The summed E-state index contributed by atoms with van der Waals surface area (Å²) in [4.78, 5) is 2.31. The van der Waals surface area contributed by atoms with Crippen molar-refractivity contribution < 1.29 is 4.57 Å². The second kappa shape index (κ2) is 6.39. The first-order valence-electron chi connectivity index (χ1n) is 7.81. The fraction of sp³-hybridized carbons (Fsp3) is 0.500. The number of fused-ring (bicyclic) bond motifs is 1. The van der Waals surface area contributed by atoms with Gasteiger partial charge in [-0.3, -0.25) is 0 Å². The van der Waals surface area contributed by atoms with Crippen molar-refractivity contribution >= 4 is 40.6 Å². The fourth-order valence-corrected chi connectivity index (χ4v) is 4.10. The number of anilines is 1. The minimum atomic E-state index is -2.33. The molecule has 1 fully saturated rings. The fourth-order valence-electron chi connectivity index (χ4n) is 3.03. The number of likely N-dealkylation sites (N-methyl/N-ethyl adjacent to an activating group) is 1. The maximum atomic E-state index is 12.3. The quantitative estimate of drug-likeness (QED) is 0.860. The van der Waals surface area contributed by atoms with Crippen molar-refractivity contribution in [3.05, 3.63) is 23.4 Å². The first-order valence-corrected chi connectivity index (χ1v) is 10.8. The normalized spacial score (nSPS) is 19.9. The van der Waals surface area contributed by atoms with Crippen LogP contribution in [0.2, 0.25) is 5.15 Å². The van der Waals surface area contributed by atoms with Gasteiger partial charge in [-0.25, -0.2) is 0 Å². The molecule has 2 aromatic rings. The molecule has 7 heteroatoms. The zero-order valence-corrected chi connectivity index (χ0v) is 15.4. The van der Waals surface area contributed by atoms with E-state index in [9.17, 15) is 4.57 Å². The Morgan fingerprint density at radius 1 is 1.30 bits per heavy atom. The molecule has 0 radical (unpaired) electrons. The van der Waals surface area contributed by atoms with Crippen molar-refractivity contribution in [3.63, 3.8) is 0 Å². The molecule has 1 aromatic heterocycles. The van der Waals surface area contributed by atoms with Gasteiger partial charge in [0.15, 0.2) is 11.0 Å². The largest absolute Gasteiger partial charge is 0.364 e. The molecule has 1 atom stereocenters. The van der Waals surface area contributed by atoms with Crippen LogP contribution >= 0.6 is 18.7 Å². The van der Waals surface area contributed by atoms with Crippen molar-refractivity contribution in [2.45, 2.75) is 18.9 Å². The summed E-state index contributed by atoms with van der Waals surface area (Å²) in [6.07, 6.45) is 2.29. The maximum Gasteiger partial charge on any atom is 0.159 e. The summed E-state index contributed by atoms with van der Waals surface area (Å²) in [5, 5.41) is 14.7. The Kier molecular flexibility index (Phi) is 4.63. The number of rotatable bonds is 3. The number of hydrogen-bond acceptors (Lipinski definition) is 5. The molecule has 2 heterocycles. The third-order valence-electron chi connectivity index (χ3n) is 4.31. The predicted molar refractivity (Wildman–Crippen MR) is 97.8 cm³/mol. The van der Waals surface area contributed by atoms with Gasteiger partial charge in [0.05, 0.1) is 0 Å². The lowest BCUT2D eigenvalue weighted by Gasteiger charge is -2.30. The molecule has 1 N–H and O–H groups in total. The summed E-state index contributed by atoms with van der Waals surface area (Å²) in [5.74, 6) is 0.748. The van der Waals surface area contributed by atoms with E-state index < -0.39 is 7.14 Å². The Balaban J connectivity index is 1.98. The van der Waals surface area contributed by atoms with E-state index in [2.05, 4.69) is 27.5 Å². The van der Waals surface area contributed by atoms with E-state index in [1.807, 2.05) is 18.2 Å². The van der Waals surface area contributed by atoms with Crippen molar-refractivity contribution in [2.24, 2.45) is 0 Å². The highest BCUT2D eigenvalue weighted by atomic mass is 35.5. The van der Waals surface area contributed by atoms with Gasteiger partial charge in [0.2, 0.25) is 0 Å². The van der Waals surface area contributed by atoms with Crippen LogP contribution in [0.15, 0.2) is 18.2 Å². The van der Waals surface area contributed by atoms with Crippen LogP contribution in [-0.2, 0) is 4.57 Å². The Labute approximate surface area is 141 Å². The molecule has 5 nitrogen and oxygen atoms in total. The molecule has 0 saturated carbocycles.